The second kappa shape index (κ2) is 2.94. The molecule has 0 spiro atoms. The number of nitrogens with one attached hydrogen (secondary N) is 1. The molecule has 0 bridgehead atoms. The molecule has 1 atom stereocenters. The summed E-state index contributed by atoms with van der Waals surface area (Å²) in [5.74, 6) is 2.17. The van der Waals surface area contributed by atoms with Crippen LogP contribution in [0.2, 0.25) is 0 Å². The van der Waals surface area contributed by atoms with E-state index in [4.69, 9.17) is 4.42 Å². The molecule has 1 aliphatic rings. The van der Waals surface area contributed by atoms with Crippen molar-refractivity contribution in [2.45, 2.75) is 32.7 Å². The van der Waals surface area contributed by atoms with Gasteiger partial charge < -0.3 is 9.73 Å². The SMILES string of the molecule is Cc1cc(C2CCCN2)oc1C. The van der Waals surface area contributed by atoms with Crippen LogP contribution in [0.5, 0.6) is 0 Å². The zero-order chi connectivity index (χ0) is 8.55. The summed E-state index contributed by atoms with van der Waals surface area (Å²) in [6, 6.07) is 2.62. The zero-order valence-electron chi connectivity index (χ0n) is 7.68. The molecule has 66 valence electrons. The molecule has 0 radical (unpaired) electrons. The van der Waals surface area contributed by atoms with Gasteiger partial charge in [0.2, 0.25) is 0 Å². The molecular formula is C10H15NO. The Balaban J connectivity index is 2.21. The first-order valence-electron chi connectivity index (χ1n) is 4.57. The highest BCUT2D eigenvalue weighted by Crippen LogP contribution is 2.26. The highest BCUT2D eigenvalue weighted by molar-refractivity contribution is 5.21. The van der Waals surface area contributed by atoms with Crippen molar-refractivity contribution in [3.8, 4) is 0 Å². The third-order valence-electron chi connectivity index (χ3n) is 2.59. The van der Waals surface area contributed by atoms with E-state index in [9.17, 15) is 0 Å². The Labute approximate surface area is 73.0 Å². The van der Waals surface area contributed by atoms with Crippen LogP contribution in [-0.4, -0.2) is 6.54 Å². The molecule has 2 rings (SSSR count). The van der Waals surface area contributed by atoms with Crippen LogP contribution in [0, 0.1) is 13.8 Å². The lowest BCUT2D eigenvalue weighted by Gasteiger charge is -2.04. The van der Waals surface area contributed by atoms with Gasteiger partial charge in [0.25, 0.3) is 0 Å². The Morgan fingerprint density at radius 1 is 1.50 bits per heavy atom. The van der Waals surface area contributed by atoms with E-state index in [1.165, 1.54) is 18.4 Å². The molecule has 1 aliphatic heterocycles. The molecule has 2 heteroatoms. The van der Waals surface area contributed by atoms with E-state index in [1.807, 2.05) is 6.92 Å². The standard InChI is InChI=1S/C10H15NO/c1-7-6-10(12-8(7)2)9-4-3-5-11-9/h6,9,11H,3-5H2,1-2H3. The van der Waals surface area contributed by atoms with Crippen molar-refractivity contribution in [1.82, 2.24) is 5.32 Å². The minimum Gasteiger partial charge on any atom is -0.464 e. The summed E-state index contributed by atoms with van der Waals surface area (Å²) in [5.41, 5.74) is 1.26. The van der Waals surface area contributed by atoms with Gasteiger partial charge in [-0.2, -0.15) is 0 Å². The molecule has 1 saturated heterocycles. The summed E-state index contributed by atoms with van der Waals surface area (Å²) in [6.07, 6.45) is 2.48. The van der Waals surface area contributed by atoms with Gasteiger partial charge in [0.15, 0.2) is 0 Å². The maximum Gasteiger partial charge on any atom is 0.121 e. The van der Waals surface area contributed by atoms with Crippen LogP contribution in [0.3, 0.4) is 0 Å². The third kappa shape index (κ3) is 1.27. The molecule has 1 unspecified atom stereocenters. The number of hydrogen-bond donors (Lipinski definition) is 1. The van der Waals surface area contributed by atoms with Gasteiger partial charge in [-0.05, 0) is 44.9 Å². The third-order valence-corrected chi connectivity index (χ3v) is 2.59. The van der Waals surface area contributed by atoms with Crippen LogP contribution >= 0.6 is 0 Å². The van der Waals surface area contributed by atoms with Crippen molar-refractivity contribution >= 4 is 0 Å². The van der Waals surface area contributed by atoms with Crippen LogP contribution in [0.25, 0.3) is 0 Å². The first kappa shape index (κ1) is 7.87. The van der Waals surface area contributed by atoms with Crippen molar-refractivity contribution < 1.29 is 4.42 Å². The molecule has 2 nitrogen and oxygen atoms in total. The monoisotopic (exact) mass is 165 g/mol. The zero-order valence-corrected chi connectivity index (χ0v) is 7.68. The summed E-state index contributed by atoms with van der Waals surface area (Å²) in [5, 5.41) is 3.42. The predicted molar refractivity (Wildman–Crippen MR) is 48.2 cm³/mol. The molecule has 12 heavy (non-hydrogen) atoms. The molecule has 0 aromatic carbocycles. The van der Waals surface area contributed by atoms with Gasteiger partial charge in [-0.15, -0.1) is 0 Å². The smallest absolute Gasteiger partial charge is 0.121 e. The van der Waals surface area contributed by atoms with Gasteiger partial charge in [-0.3, -0.25) is 0 Å². The maximum absolute atomic E-state index is 5.64. The van der Waals surface area contributed by atoms with Crippen LogP contribution in [-0.2, 0) is 0 Å². The Morgan fingerprint density at radius 2 is 2.33 bits per heavy atom. The number of hydrogen-bond acceptors (Lipinski definition) is 2. The number of rotatable bonds is 1. The lowest BCUT2D eigenvalue weighted by atomic mass is 10.1. The second-order valence-electron chi connectivity index (χ2n) is 3.54. The Morgan fingerprint density at radius 3 is 2.83 bits per heavy atom. The normalized spacial score (nSPS) is 23.3. The van der Waals surface area contributed by atoms with Crippen LogP contribution in [0.4, 0.5) is 0 Å². The number of aryl methyl sites for hydroxylation is 2. The fourth-order valence-corrected chi connectivity index (χ4v) is 1.70. The van der Waals surface area contributed by atoms with Gasteiger partial charge in [-0.25, -0.2) is 0 Å². The highest BCUT2D eigenvalue weighted by atomic mass is 16.3. The van der Waals surface area contributed by atoms with E-state index in [0.717, 1.165) is 18.1 Å². The molecule has 2 heterocycles. The van der Waals surface area contributed by atoms with Gasteiger partial charge in [-0.1, -0.05) is 0 Å². The minimum absolute atomic E-state index is 0.470. The van der Waals surface area contributed by atoms with Gasteiger partial charge >= 0.3 is 0 Å². The molecular weight excluding hydrogens is 150 g/mol. The van der Waals surface area contributed by atoms with Crippen molar-refractivity contribution in [3.05, 3.63) is 23.2 Å². The summed E-state index contributed by atoms with van der Waals surface area (Å²) >= 11 is 0. The van der Waals surface area contributed by atoms with Crippen molar-refractivity contribution in [3.63, 3.8) is 0 Å². The Kier molecular flexibility index (Phi) is 1.93. The molecule has 0 saturated carbocycles. The summed E-state index contributed by atoms with van der Waals surface area (Å²) < 4.78 is 5.64. The summed E-state index contributed by atoms with van der Waals surface area (Å²) in [6.45, 7) is 5.24. The lowest BCUT2D eigenvalue weighted by Crippen LogP contribution is -2.11. The average Bonchev–Trinajstić information content (AvgIpc) is 2.61. The van der Waals surface area contributed by atoms with Crippen LogP contribution in [0.15, 0.2) is 10.5 Å². The summed E-state index contributed by atoms with van der Waals surface area (Å²) in [4.78, 5) is 0. The quantitative estimate of drug-likeness (QED) is 0.690. The minimum atomic E-state index is 0.470. The second-order valence-corrected chi connectivity index (χ2v) is 3.54. The molecule has 1 aromatic heterocycles. The van der Waals surface area contributed by atoms with E-state index >= 15 is 0 Å². The Bertz CT molecular complexity index is 252. The van der Waals surface area contributed by atoms with E-state index in [2.05, 4.69) is 18.3 Å². The lowest BCUT2D eigenvalue weighted by molar-refractivity contribution is 0.428. The molecule has 1 fully saturated rings. The molecule has 1 aromatic rings. The van der Waals surface area contributed by atoms with Gasteiger partial charge in [0.1, 0.15) is 11.5 Å². The van der Waals surface area contributed by atoms with Crippen molar-refractivity contribution in [1.29, 1.82) is 0 Å². The van der Waals surface area contributed by atoms with Crippen LogP contribution < -0.4 is 5.32 Å². The summed E-state index contributed by atoms with van der Waals surface area (Å²) in [7, 11) is 0. The van der Waals surface area contributed by atoms with Crippen LogP contribution in [0.1, 0.15) is 36.0 Å². The largest absolute Gasteiger partial charge is 0.464 e. The fourth-order valence-electron chi connectivity index (χ4n) is 1.70. The van der Waals surface area contributed by atoms with E-state index in [0.29, 0.717) is 6.04 Å². The maximum atomic E-state index is 5.64. The average molecular weight is 165 g/mol. The van der Waals surface area contributed by atoms with E-state index in [-0.39, 0.29) is 0 Å². The fraction of sp³-hybridized carbons (Fsp3) is 0.600. The van der Waals surface area contributed by atoms with E-state index in [1.54, 1.807) is 0 Å². The highest BCUT2D eigenvalue weighted by Gasteiger charge is 2.19. The van der Waals surface area contributed by atoms with Crippen molar-refractivity contribution in [2.24, 2.45) is 0 Å². The molecule has 0 aliphatic carbocycles. The van der Waals surface area contributed by atoms with Crippen molar-refractivity contribution in [2.75, 3.05) is 6.54 Å². The Hall–Kier alpha value is -0.760. The first-order valence-corrected chi connectivity index (χ1v) is 4.57. The molecule has 1 N–H and O–H groups in total. The first-order chi connectivity index (χ1) is 5.77. The predicted octanol–water partition coefficient (Wildman–Crippen LogP) is 2.32. The molecule has 0 amide bonds. The number of furan rings is 1. The van der Waals surface area contributed by atoms with Gasteiger partial charge in [0.05, 0.1) is 6.04 Å². The van der Waals surface area contributed by atoms with Gasteiger partial charge in [0, 0.05) is 0 Å². The van der Waals surface area contributed by atoms with E-state index < -0.39 is 0 Å². The topological polar surface area (TPSA) is 25.2 Å².